The molecule has 0 amide bonds. The molecule has 2 aliphatic rings. The Kier molecular flexibility index (Phi) is 5.18. The van der Waals surface area contributed by atoms with Crippen LogP contribution in [0.1, 0.15) is 42.7 Å². The van der Waals surface area contributed by atoms with Crippen molar-refractivity contribution in [3.05, 3.63) is 35.4 Å². The first-order valence-corrected chi connectivity index (χ1v) is 9.73. The molecule has 5 N–H and O–H groups in total. The summed E-state index contributed by atoms with van der Waals surface area (Å²) < 4.78 is 5.98. The third-order valence-electron chi connectivity index (χ3n) is 5.52. The van der Waals surface area contributed by atoms with E-state index in [1.54, 1.807) is 12.1 Å². The molecule has 2 fully saturated rings. The van der Waals surface area contributed by atoms with Crippen LogP contribution in [-0.4, -0.2) is 34.9 Å². The van der Waals surface area contributed by atoms with E-state index in [0.29, 0.717) is 40.9 Å². The molecule has 144 valence electrons. The van der Waals surface area contributed by atoms with Crippen LogP contribution >= 0.6 is 0 Å². The Morgan fingerprint density at radius 1 is 1.26 bits per heavy atom. The number of phenolic OH excluding ortho intramolecular Hbond substituents is 1. The Labute approximate surface area is 159 Å². The summed E-state index contributed by atoms with van der Waals surface area (Å²) in [5.74, 6) is 1.94. The van der Waals surface area contributed by atoms with Gasteiger partial charge in [0.25, 0.3) is 0 Å². The molecule has 0 radical (unpaired) electrons. The number of nitrogens with two attached hydrogens (primary N) is 1. The van der Waals surface area contributed by atoms with E-state index in [9.17, 15) is 10.2 Å². The SMILES string of the molecule is Nc1nc(-c2c(O)cccc2OCC2CC2)cc(C2CCCNC2)c1CO. The van der Waals surface area contributed by atoms with Crippen molar-refractivity contribution in [1.82, 2.24) is 10.3 Å². The Morgan fingerprint density at radius 2 is 2.11 bits per heavy atom. The van der Waals surface area contributed by atoms with Crippen LogP contribution in [0.2, 0.25) is 0 Å². The minimum absolute atomic E-state index is 0.125. The van der Waals surface area contributed by atoms with E-state index in [1.165, 1.54) is 12.8 Å². The predicted octanol–water partition coefficient (Wildman–Crippen LogP) is 2.78. The van der Waals surface area contributed by atoms with Crippen molar-refractivity contribution >= 4 is 5.82 Å². The Hall–Kier alpha value is -2.31. The maximum atomic E-state index is 10.5. The molecule has 1 aromatic carbocycles. The highest BCUT2D eigenvalue weighted by Gasteiger charge is 2.25. The third kappa shape index (κ3) is 3.87. The molecule has 1 saturated carbocycles. The topological polar surface area (TPSA) is 101 Å². The van der Waals surface area contributed by atoms with E-state index < -0.39 is 0 Å². The summed E-state index contributed by atoms with van der Waals surface area (Å²) in [5, 5.41) is 23.8. The van der Waals surface area contributed by atoms with Crippen molar-refractivity contribution in [2.45, 2.75) is 38.2 Å². The molecule has 1 aliphatic carbocycles. The summed E-state index contributed by atoms with van der Waals surface area (Å²) in [4.78, 5) is 4.49. The van der Waals surface area contributed by atoms with Crippen LogP contribution in [0.25, 0.3) is 11.3 Å². The number of phenols is 1. The highest BCUT2D eigenvalue weighted by atomic mass is 16.5. The minimum atomic E-state index is -0.142. The molecule has 2 heterocycles. The molecule has 6 nitrogen and oxygen atoms in total. The monoisotopic (exact) mass is 369 g/mol. The van der Waals surface area contributed by atoms with Crippen molar-refractivity contribution in [3.8, 4) is 22.8 Å². The standard InChI is InChI=1S/C21H27N3O3/c22-21-16(11-25)15(14-3-2-8-23-10-14)9-17(24-21)20-18(26)4-1-5-19(20)27-12-13-6-7-13/h1,4-5,9,13-14,23,25-26H,2-3,6-8,10-12H2,(H2,22,24). The van der Waals surface area contributed by atoms with Crippen molar-refractivity contribution in [2.75, 3.05) is 25.4 Å². The minimum Gasteiger partial charge on any atom is -0.507 e. The number of hydrogen-bond acceptors (Lipinski definition) is 6. The summed E-state index contributed by atoms with van der Waals surface area (Å²) >= 11 is 0. The van der Waals surface area contributed by atoms with Crippen LogP contribution in [0.15, 0.2) is 24.3 Å². The first-order valence-electron chi connectivity index (χ1n) is 9.73. The molecule has 1 unspecified atom stereocenters. The molecular formula is C21H27N3O3. The van der Waals surface area contributed by atoms with E-state index in [1.807, 2.05) is 12.1 Å². The molecule has 4 rings (SSSR count). The molecule has 1 atom stereocenters. The number of anilines is 1. The number of rotatable bonds is 6. The van der Waals surface area contributed by atoms with Crippen LogP contribution < -0.4 is 15.8 Å². The first-order chi connectivity index (χ1) is 13.2. The van der Waals surface area contributed by atoms with E-state index in [-0.39, 0.29) is 18.3 Å². The van der Waals surface area contributed by atoms with Gasteiger partial charge in [-0.1, -0.05) is 6.07 Å². The predicted molar refractivity (Wildman–Crippen MR) is 105 cm³/mol. The number of pyridine rings is 1. The van der Waals surface area contributed by atoms with Crippen molar-refractivity contribution < 1.29 is 14.9 Å². The molecule has 27 heavy (non-hydrogen) atoms. The Balaban J connectivity index is 1.76. The maximum Gasteiger partial charge on any atom is 0.132 e. The van der Waals surface area contributed by atoms with Gasteiger partial charge in [-0.15, -0.1) is 0 Å². The van der Waals surface area contributed by atoms with Gasteiger partial charge in [0.15, 0.2) is 0 Å². The number of ether oxygens (including phenoxy) is 1. The number of benzene rings is 1. The summed E-state index contributed by atoms with van der Waals surface area (Å²) in [6.45, 7) is 2.37. The fraction of sp³-hybridized carbons (Fsp3) is 0.476. The fourth-order valence-corrected chi connectivity index (χ4v) is 3.78. The number of hydrogen-bond donors (Lipinski definition) is 4. The highest BCUT2D eigenvalue weighted by Crippen LogP contribution is 2.41. The smallest absolute Gasteiger partial charge is 0.132 e. The lowest BCUT2D eigenvalue weighted by Crippen LogP contribution is -2.29. The van der Waals surface area contributed by atoms with Crippen molar-refractivity contribution in [2.24, 2.45) is 5.92 Å². The number of nitrogens with one attached hydrogen (secondary N) is 1. The van der Waals surface area contributed by atoms with E-state index in [4.69, 9.17) is 10.5 Å². The van der Waals surface area contributed by atoms with Gasteiger partial charge in [0.2, 0.25) is 0 Å². The van der Waals surface area contributed by atoms with Crippen LogP contribution in [0.4, 0.5) is 5.82 Å². The average Bonchev–Trinajstić information content (AvgIpc) is 3.51. The van der Waals surface area contributed by atoms with Crippen LogP contribution in [0, 0.1) is 5.92 Å². The summed E-state index contributed by atoms with van der Waals surface area (Å²) in [6, 6.07) is 7.23. The fourth-order valence-electron chi connectivity index (χ4n) is 3.78. The zero-order chi connectivity index (χ0) is 18.8. The lowest BCUT2D eigenvalue weighted by molar-refractivity contribution is 0.279. The molecule has 6 heteroatoms. The summed E-state index contributed by atoms with van der Waals surface area (Å²) in [5.41, 5.74) is 9.04. The Bertz CT molecular complexity index is 815. The molecule has 1 saturated heterocycles. The summed E-state index contributed by atoms with van der Waals surface area (Å²) in [7, 11) is 0. The number of aliphatic hydroxyl groups excluding tert-OH is 1. The number of aliphatic hydroxyl groups is 1. The van der Waals surface area contributed by atoms with Gasteiger partial charge >= 0.3 is 0 Å². The zero-order valence-corrected chi connectivity index (χ0v) is 15.4. The van der Waals surface area contributed by atoms with Gasteiger partial charge in [-0.2, -0.15) is 0 Å². The average molecular weight is 369 g/mol. The Morgan fingerprint density at radius 3 is 2.81 bits per heavy atom. The first kappa shape index (κ1) is 18.1. The lowest BCUT2D eigenvalue weighted by Gasteiger charge is -2.26. The zero-order valence-electron chi connectivity index (χ0n) is 15.4. The van der Waals surface area contributed by atoms with Crippen molar-refractivity contribution in [1.29, 1.82) is 0 Å². The largest absolute Gasteiger partial charge is 0.507 e. The number of nitrogens with zero attached hydrogens (tertiary/aromatic N) is 1. The number of aromatic nitrogens is 1. The molecule has 0 bridgehead atoms. The van der Waals surface area contributed by atoms with Gasteiger partial charge in [-0.3, -0.25) is 0 Å². The van der Waals surface area contributed by atoms with Crippen LogP contribution in [0.5, 0.6) is 11.5 Å². The van der Waals surface area contributed by atoms with E-state index in [0.717, 1.165) is 31.5 Å². The maximum absolute atomic E-state index is 10.5. The van der Waals surface area contributed by atoms with Crippen LogP contribution in [-0.2, 0) is 6.61 Å². The number of piperidine rings is 1. The molecule has 0 spiro atoms. The second-order valence-electron chi connectivity index (χ2n) is 7.57. The number of nitrogen functional groups attached to an aromatic ring is 1. The normalized spacial score (nSPS) is 19.8. The van der Waals surface area contributed by atoms with Gasteiger partial charge in [-0.05, 0) is 67.8 Å². The lowest BCUT2D eigenvalue weighted by atomic mass is 9.87. The quantitative estimate of drug-likeness (QED) is 0.625. The third-order valence-corrected chi connectivity index (χ3v) is 5.52. The van der Waals surface area contributed by atoms with Crippen LogP contribution in [0.3, 0.4) is 0 Å². The molecular weight excluding hydrogens is 342 g/mol. The van der Waals surface area contributed by atoms with Gasteiger partial charge in [-0.25, -0.2) is 4.98 Å². The van der Waals surface area contributed by atoms with Gasteiger partial charge in [0, 0.05) is 12.1 Å². The van der Waals surface area contributed by atoms with Gasteiger partial charge in [0.1, 0.15) is 17.3 Å². The number of aromatic hydroxyl groups is 1. The molecule has 1 aromatic heterocycles. The molecule has 2 aromatic rings. The second kappa shape index (κ2) is 7.74. The highest BCUT2D eigenvalue weighted by molar-refractivity contribution is 5.76. The molecule has 1 aliphatic heterocycles. The van der Waals surface area contributed by atoms with Gasteiger partial charge in [0.05, 0.1) is 24.5 Å². The second-order valence-corrected chi connectivity index (χ2v) is 7.57. The summed E-state index contributed by atoms with van der Waals surface area (Å²) in [6.07, 6.45) is 4.51. The van der Waals surface area contributed by atoms with E-state index >= 15 is 0 Å². The van der Waals surface area contributed by atoms with Gasteiger partial charge < -0.3 is 26.0 Å². The van der Waals surface area contributed by atoms with Crippen molar-refractivity contribution in [3.63, 3.8) is 0 Å². The van der Waals surface area contributed by atoms with E-state index in [2.05, 4.69) is 10.3 Å².